The number of hydrogen-bond acceptors (Lipinski definition) is 3. The second kappa shape index (κ2) is 4.59. The second-order valence-corrected chi connectivity index (χ2v) is 3.08. The Kier molecular flexibility index (Phi) is 3.42. The summed E-state index contributed by atoms with van der Waals surface area (Å²) in [6, 6.07) is 0. The fraction of sp³-hybridized carbons (Fsp3) is 0.625. The lowest BCUT2D eigenvalue weighted by molar-refractivity contribution is 0.0943. The molecular weight excluding hydrogens is 168 g/mol. The van der Waals surface area contributed by atoms with Crippen LogP contribution in [-0.2, 0) is 0 Å². The fourth-order valence-corrected chi connectivity index (χ4v) is 0.813. The van der Waals surface area contributed by atoms with E-state index in [2.05, 4.69) is 34.6 Å². The van der Waals surface area contributed by atoms with E-state index in [0.29, 0.717) is 18.2 Å². The number of aromatic amines is 1. The number of H-pyrrole nitrogens is 1. The van der Waals surface area contributed by atoms with Gasteiger partial charge in [0.15, 0.2) is 5.69 Å². The Hall–Kier alpha value is -1.39. The number of carbonyl (C=O) groups excluding carboxylic acids is 1. The summed E-state index contributed by atoms with van der Waals surface area (Å²) < 4.78 is 0. The number of hydrogen-bond donors (Lipinski definition) is 2. The molecule has 0 aliphatic heterocycles. The first-order valence-electron chi connectivity index (χ1n) is 4.38. The summed E-state index contributed by atoms with van der Waals surface area (Å²) in [5.41, 5.74) is 0.336. The molecule has 72 valence electrons. The minimum atomic E-state index is -0.172. The Bertz CT molecular complexity index is 257. The van der Waals surface area contributed by atoms with E-state index in [1.54, 1.807) is 0 Å². The van der Waals surface area contributed by atoms with E-state index in [0.717, 1.165) is 6.42 Å². The van der Waals surface area contributed by atoms with Gasteiger partial charge in [-0.05, 0) is 5.92 Å². The molecule has 0 aliphatic rings. The lowest BCUT2D eigenvalue weighted by Crippen LogP contribution is -2.28. The summed E-state index contributed by atoms with van der Waals surface area (Å²) >= 11 is 0. The zero-order valence-electron chi connectivity index (χ0n) is 7.87. The van der Waals surface area contributed by atoms with Gasteiger partial charge in [0.25, 0.3) is 5.91 Å². The molecule has 5 heteroatoms. The smallest absolute Gasteiger partial charge is 0.273 e. The molecule has 0 saturated carbocycles. The third-order valence-corrected chi connectivity index (χ3v) is 1.96. The predicted molar refractivity (Wildman–Crippen MR) is 48.2 cm³/mol. The lowest BCUT2D eigenvalue weighted by atomic mass is 10.1. The molecule has 1 rings (SSSR count). The molecule has 0 spiro atoms. The van der Waals surface area contributed by atoms with E-state index in [4.69, 9.17) is 0 Å². The molecule has 0 aliphatic carbocycles. The molecule has 1 amide bonds. The average molecular weight is 182 g/mol. The van der Waals surface area contributed by atoms with Gasteiger partial charge in [0.1, 0.15) is 0 Å². The highest BCUT2D eigenvalue weighted by atomic mass is 16.1. The predicted octanol–water partition coefficient (Wildman–Crippen LogP) is 0.581. The fourth-order valence-electron chi connectivity index (χ4n) is 0.813. The molecule has 0 saturated heterocycles. The van der Waals surface area contributed by atoms with E-state index in [-0.39, 0.29) is 5.91 Å². The van der Waals surface area contributed by atoms with Crippen molar-refractivity contribution >= 4 is 5.91 Å². The van der Waals surface area contributed by atoms with Crippen LogP contribution in [0.1, 0.15) is 30.8 Å². The van der Waals surface area contributed by atoms with Gasteiger partial charge in [-0.1, -0.05) is 20.3 Å². The zero-order valence-corrected chi connectivity index (χ0v) is 7.87. The Morgan fingerprint density at radius 3 is 3.08 bits per heavy atom. The van der Waals surface area contributed by atoms with Crippen LogP contribution in [0.3, 0.4) is 0 Å². The van der Waals surface area contributed by atoms with Crippen molar-refractivity contribution in [3.05, 3.63) is 11.9 Å². The van der Waals surface area contributed by atoms with Crippen molar-refractivity contribution in [2.45, 2.75) is 20.3 Å². The topological polar surface area (TPSA) is 70.7 Å². The van der Waals surface area contributed by atoms with Gasteiger partial charge in [-0.15, -0.1) is 0 Å². The van der Waals surface area contributed by atoms with Crippen LogP contribution >= 0.6 is 0 Å². The second-order valence-electron chi connectivity index (χ2n) is 3.08. The zero-order chi connectivity index (χ0) is 9.68. The summed E-state index contributed by atoms with van der Waals surface area (Å²) in [7, 11) is 0. The van der Waals surface area contributed by atoms with Crippen molar-refractivity contribution in [3.63, 3.8) is 0 Å². The highest BCUT2D eigenvalue weighted by Gasteiger charge is 2.08. The van der Waals surface area contributed by atoms with Gasteiger partial charge in [0, 0.05) is 6.54 Å². The minimum absolute atomic E-state index is 0.172. The molecule has 0 fully saturated rings. The number of nitrogens with one attached hydrogen (secondary N) is 2. The maximum Gasteiger partial charge on any atom is 0.273 e. The van der Waals surface area contributed by atoms with Crippen LogP contribution in [0, 0.1) is 5.92 Å². The molecule has 1 heterocycles. The van der Waals surface area contributed by atoms with Crippen molar-refractivity contribution in [1.29, 1.82) is 0 Å². The number of rotatable bonds is 4. The molecule has 1 atom stereocenters. The SMILES string of the molecule is CCC(C)CNC(=O)c1cn[nH]n1. The van der Waals surface area contributed by atoms with E-state index >= 15 is 0 Å². The van der Waals surface area contributed by atoms with Gasteiger partial charge in [0.2, 0.25) is 0 Å². The molecule has 0 aromatic carbocycles. The molecule has 1 aromatic heterocycles. The highest BCUT2D eigenvalue weighted by Crippen LogP contribution is 1.98. The maximum absolute atomic E-state index is 11.3. The van der Waals surface area contributed by atoms with E-state index in [1.165, 1.54) is 6.20 Å². The standard InChI is InChI=1S/C8H14N4O/c1-3-6(2)4-9-8(13)7-5-10-12-11-7/h5-6H,3-4H2,1-2H3,(H,9,13)(H,10,11,12). The Labute approximate surface area is 76.9 Å². The van der Waals surface area contributed by atoms with Crippen LogP contribution in [0.2, 0.25) is 0 Å². The normalized spacial score (nSPS) is 12.5. The van der Waals surface area contributed by atoms with Gasteiger partial charge < -0.3 is 5.32 Å². The molecule has 0 radical (unpaired) electrons. The van der Waals surface area contributed by atoms with Crippen molar-refractivity contribution in [1.82, 2.24) is 20.7 Å². The van der Waals surface area contributed by atoms with E-state index in [9.17, 15) is 4.79 Å². The lowest BCUT2D eigenvalue weighted by Gasteiger charge is -2.08. The van der Waals surface area contributed by atoms with Crippen molar-refractivity contribution < 1.29 is 4.79 Å². The van der Waals surface area contributed by atoms with Gasteiger partial charge in [-0.25, -0.2) is 0 Å². The van der Waals surface area contributed by atoms with E-state index in [1.807, 2.05) is 0 Å². The number of carbonyl (C=O) groups is 1. The first-order chi connectivity index (χ1) is 6.24. The molecule has 5 nitrogen and oxygen atoms in total. The monoisotopic (exact) mass is 182 g/mol. The first kappa shape index (κ1) is 9.70. The number of nitrogens with zero attached hydrogens (tertiary/aromatic N) is 2. The molecule has 1 unspecified atom stereocenters. The van der Waals surface area contributed by atoms with Crippen LogP contribution < -0.4 is 5.32 Å². The number of aromatic nitrogens is 3. The van der Waals surface area contributed by atoms with Crippen LogP contribution in [-0.4, -0.2) is 27.9 Å². The van der Waals surface area contributed by atoms with Crippen molar-refractivity contribution in [2.24, 2.45) is 5.92 Å². The molecule has 13 heavy (non-hydrogen) atoms. The summed E-state index contributed by atoms with van der Waals surface area (Å²) in [5, 5.41) is 12.4. The van der Waals surface area contributed by atoms with Crippen molar-refractivity contribution in [2.75, 3.05) is 6.54 Å². The molecule has 0 bridgehead atoms. The Balaban J connectivity index is 2.35. The Morgan fingerprint density at radius 2 is 2.54 bits per heavy atom. The molecule has 2 N–H and O–H groups in total. The largest absolute Gasteiger partial charge is 0.350 e. The molecule has 1 aromatic rings. The third kappa shape index (κ3) is 2.85. The van der Waals surface area contributed by atoms with Gasteiger partial charge in [0.05, 0.1) is 6.20 Å². The van der Waals surface area contributed by atoms with E-state index < -0.39 is 0 Å². The van der Waals surface area contributed by atoms with Crippen molar-refractivity contribution in [3.8, 4) is 0 Å². The quantitative estimate of drug-likeness (QED) is 0.715. The van der Waals surface area contributed by atoms with Crippen LogP contribution in [0.5, 0.6) is 0 Å². The minimum Gasteiger partial charge on any atom is -0.350 e. The summed E-state index contributed by atoms with van der Waals surface area (Å²) in [6.45, 7) is 4.86. The van der Waals surface area contributed by atoms with Crippen LogP contribution in [0.15, 0.2) is 6.20 Å². The van der Waals surface area contributed by atoms with Gasteiger partial charge in [-0.2, -0.15) is 15.4 Å². The summed E-state index contributed by atoms with van der Waals surface area (Å²) in [4.78, 5) is 11.3. The molecular formula is C8H14N4O. The van der Waals surface area contributed by atoms with Crippen LogP contribution in [0.25, 0.3) is 0 Å². The third-order valence-electron chi connectivity index (χ3n) is 1.96. The van der Waals surface area contributed by atoms with Crippen LogP contribution in [0.4, 0.5) is 0 Å². The maximum atomic E-state index is 11.3. The summed E-state index contributed by atoms with van der Waals surface area (Å²) in [5.74, 6) is 0.324. The first-order valence-corrected chi connectivity index (χ1v) is 4.38. The van der Waals surface area contributed by atoms with Gasteiger partial charge in [-0.3, -0.25) is 4.79 Å². The van der Waals surface area contributed by atoms with Gasteiger partial charge >= 0.3 is 0 Å². The Morgan fingerprint density at radius 1 is 1.77 bits per heavy atom. The number of amides is 1. The summed E-state index contributed by atoms with van der Waals surface area (Å²) in [6.07, 6.45) is 2.46. The average Bonchev–Trinajstić information content (AvgIpc) is 2.66. The highest BCUT2D eigenvalue weighted by molar-refractivity contribution is 5.91.